The summed E-state index contributed by atoms with van der Waals surface area (Å²) in [5.41, 5.74) is 0. The summed E-state index contributed by atoms with van der Waals surface area (Å²) in [6.07, 6.45) is 2.83. The molecule has 0 aliphatic carbocycles. The molecule has 18 heavy (non-hydrogen) atoms. The van der Waals surface area contributed by atoms with Crippen molar-refractivity contribution in [1.29, 1.82) is 0 Å². The highest BCUT2D eigenvalue weighted by Crippen LogP contribution is 2.20. The van der Waals surface area contributed by atoms with Crippen molar-refractivity contribution in [3.8, 4) is 0 Å². The van der Waals surface area contributed by atoms with Gasteiger partial charge in [-0.15, -0.1) is 0 Å². The number of likely N-dealkylation sites (N-methyl/N-ethyl adjacent to an activating group) is 1. The van der Waals surface area contributed by atoms with Gasteiger partial charge in [0.15, 0.2) is 0 Å². The number of esters is 1. The molecule has 0 saturated carbocycles. The quantitative estimate of drug-likeness (QED) is 0.703. The maximum atomic E-state index is 11.6. The summed E-state index contributed by atoms with van der Waals surface area (Å²) in [6.45, 7) is 11.0. The van der Waals surface area contributed by atoms with Crippen LogP contribution in [0.25, 0.3) is 0 Å². The lowest BCUT2D eigenvalue weighted by Gasteiger charge is -2.37. The van der Waals surface area contributed by atoms with Crippen molar-refractivity contribution < 1.29 is 9.53 Å². The Labute approximate surface area is 111 Å². The summed E-state index contributed by atoms with van der Waals surface area (Å²) in [6, 6.07) is 0.523. The molecule has 1 heterocycles. The molecule has 0 aromatic carbocycles. The number of hydrogen-bond acceptors (Lipinski definition) is 4. The summed E-state index contributed by atoms with van der Waals surface area (Å²) >= 11 is 0. The van der Waals surface area contributed by atoms with E-state index in [9.17, 15) is 4.79 Å². The minimum absolute atomic E-state index is 0.0453. The predicted octanol–water partition coefficient (Wildman–Crippen LogP) is 1.65. The first-order valence-electron chi connectivity index (χ1n) is 7.30. The third-order valence-electron chi connectivity index (χ3n) is 3.41. The smallest absolute Gasteiger partial charge is 0.306 e. The number of nitrogens with zero attached hydrogens (tertiary/aromatic N) is 1. The van der Waals surface area contributed by atoms with Crippen molar-refractivity contribution in [2.75, 3.05) is 32.8 Å². The number of likely N-dealkylation sites (tertiary alicyclic amines) is 1. The van der Waals surface area contributed by atoms with E-state index in [1.807, 2.05) is 6.92 Å². The molecule has 1 rings (SSSR count). The number of carbonyl (C=O) groups is 1. The van der Waals surface area contributed by atoms with Gasteiger partial charge >= 0.3 is 5.97 Å². The summed E-state index contributed by atoms with van der Waals surface area (Å²) in [4.78, 5) is 14.1. The van der Waals surface area contributed by atoms with Gasteiger partial charge in [0.2, 0.25) is 0 Å². The van der Waals surface area contributed by atoms with Gasteiger partial charge in [-0.25, -0.2) is 0 Å². The summed E-state index contributed by atoms with van der Waals surface area (Å²) in [7, 11) is 0. The normalized spacial score (nSPS) is 25.1. The maximum Gasteiger partial charge on any atom is 0.306 e. The molecule has 1 saturated heterocycles. The Hall–Kier alpha value is -0.610. The Morgan fingerprint density at radius 3 is 2.72 bits per heavy atom. The highest BCUT2D eigenvalue weighted by Gasteiger charge is 2.28. The van der Waals surface area contributed by atoms with Gasteiger partial charge in [0.05, 0.1) is 6.61 Å². The van der Waals surface area contributed by atoms with E-state index in [0.29, 0.717) is 25.0 Å². The third-order valence-corrected chi connectivity index (χ3v) is 3.41. The number of rotatable bonds is 7. The van der Waals surface area contributed by atoms with Gasteiger partial charge in [0.25, 0.3) is 0 Å². The SMILES string of the molecule is CCCN1CC(CC(=O)OCC)CC(NCC)C1. The molecule has 1 fully saturated rings. The van der Waals surface area contributed by atoms with Crippen molar-refractivity contribution in [2.24, 2.45) is 5.92 Å². The molecule has 0 spiro atoms. The molecule has 0 radical (unpaired) electrons. The first-order valence-corrected chi connectivity index (χ1v) is 7.30. The fourth-order valence-electron chi connectivity index (χ4n) is 2.84. The van der Waals surface area contributed by atoms with Gasteiger partial charge in [0, 0.05) is 25.6 Å². The van der Waals surface area contributed by atoms with Crippen molar-refractivity contribution >= 4 is 5.97 Å². The van der Waals surface area contributed by atoms with E-state index >= 15 is 0 Å². The van der Waals surface area contributed by atoms with Gasteiger partial charge in [-0.2, -0.15) is 0 Å². The molecule has 106 valence electrons. The van der Waals surface area contributed by atoms with Crippen LogP contribution >= 0.6 is 0 Å². The van der Waals surface area contributed by atoms with E-state index < -0.39 is 0 Å². The average molecular weight is 256 g/mol. The van der Waals surface area contributed by atoms with Gasteiger partial charge < -0.3 is 15.0 Å². The van der Waals surface area contributed by atoms with Crippen molar-refractivity contribution in [1.82, 2.24) is 10.2 Å². The zero-order valence-corrected chi connectivity index (χ0v) is 12.1. The lowest BCUT2D eigenvalue weighted by molar-refractivity contribution is -0.144. The Balaban J connectivity index is 2.46. The summed E-state index contributed by atoms with van der Waals surface area (Å²) in [5.74, 6) is 0.393. The number of hydrogen-bond donors (Lipinski definition) is 1. The molecule has 2 atom stereocenters. The molecule has 1 aliphatic rings. The first kappa shape index (κ1) is 15.4. The predicted molar refractivity (Wildman–Crippen MR) is 73.6 cm³/mol. The molecule has 0 aromatic heterocycles. The highest BCUT2D eigenvalue weighted by molar-refractivity contribution is 5.69. The molecule has 4 nitrogen and oxygen atoms in total. The van der Waals surface area contributed by atoms with Crippen molar-refractivity contribution in [3.63, 3.8) is 0 Å². The highest BCUT2D eigenvalue weighted by atomic mass is 16.5. The number of nitrogens with one attached hydrogen (secondary N) is 1. The van der Waals surface area contributed by atoms with Crippen LogP contribution in [-0.2, 0) is 9.53 Å². The number of carbonyl (C=O) groups excluding carboxylic acids is 1. The second kappa shape index (κ2) is 8.48. The van der Waals surface area contributed by atoms with E-state index in [1.165, 1.54) is 6.42 Å². The van der Waals surface area contributed by atoms with Crippen molar-refractivity contribution in [3.05, 3.63) is 0 Å². The number of ether oxygens (including phenoxy) is 1. The average Bonchev–Trinajstić information content (AvgIpc) is 2.29. The standard InChI is InChI=1S/C14H28N2O2/c1-4-7-16-10-12(9-14(17)18-6-3)8-13(11-16)15-5-2/h12-13,15H,4-11H2,1-3H3. The summed E-state index contributed by atoms with van der Waals surface area (Å²) < 4.78 is 5.06. The molecule has 0 aromatic rings. The second-order valence-corrected chi connectivity index (χ2v) is 5.13. The molecule has 1 N–H and O–H groups in total. The van der Waals surface area contributed by atoms with Crippen LogP contribution in [0.5, 0.6) is 0 Å². The van der Waals surface area contributed by atoms with E-state index in [4.69, 9.17) is 4.74 Å². The Kier molecular flexibility index (Phi) is 7.28. The molecular weight excluding hydrogens is 228 g/mol. The lowest BCUT2D eigenvalue weighted by atomic mass is 9.91. The topological polar surface area (TPSA) is 41.6 Å². The molecule has 1 aliphatic heterocycles. The van der Waals surface area contributed by atoms with Gasteiger partial charge in [-0.1, -0.05) is 13.8 Å². The maximum absolute atomic E-state index is 11.6. The van der Waals surface area contributed by atoms with E-state index in [-0.39, 0.29) is 5.97 Å². The van der Waals surface area contributed by atoms with Crippen LogP contribution in [0.15, 0.2) is 0 Å². The van der Waals surface area contributed by atoms with Crippen molar-refractivity contribution in [2.45, 2.75) is 46.1 Å². The van der Waals surface area contributed by atoms with Crippen LogP contribution in [0, 0.1) is 5.92 Å². The molecule has 4 heteroatoms. The molecule has 0 bridgehead atoms. The Morgan fingerprint density at radius 2 is 2.11 bits per heavy atom. The zero-order chi connectivity index (χ0) is 13.4. The molecule has 2 unspecified atom stereocenters. The lowest BCUT2D eigenvalue weighted by Crippen LogP contribution is -2.49. The molecule has 0 amide bonds. The largest absolute Gasteiger partial charge is 0.466 e. The summed E-state index contributed by atoms with van der Waals surface area (Å²) in [5, 5.41) is 3.51. The van der Waals surface area contributed by atoms with Crippen LogP contribution in [0.2, 0.25) is 0 Å². The van der Waals surface area contributed by atoms with Crippen LogP contribution in [0.1, 0.15) is 40.0 Å². The molecular formula is C14H28N2O2. The third kappa shape index (κ3) is 5.36. The minimum Gasteiger partial charge on any atom is -0.466 e. The van der Waals surface area contributed by atoms with Gasteiger partial charge in [-0.05, 0) is 38.8 Å². The Morgan fingerprint density at radius 1 is 1.33 bits per heavy atom. The van der Waals surface area contributed by atoms with E-state index in [0.717, 1.165) is 32.6 Å². The minimum atomic E-state index is -0.0453. The van der Waals surface area contributed by atoms with E-state index in [2.05, 4.69) is 24.1 Å². The zero-order valence-electron chi connectivity index (χ0n) is 12.1. The first-order chi connectivity index (χ1) is 8.69. The van der Waals surface area contributed by atoms with E-state index in [1.54, 1.807) is 0 Å². The van der Waals surface area contributed by atoms with Crippen LogP contribution in [0.4, 0.5) is 0 Å². The van der Waals surface area contributed by atoms with Crippen LogP contribution < -0.4 is 5.32 Å². The van der Waals surface area contributed by atoms with Crippen LogP contribution in [0.3, 0.4) is 0 Å². The van der Waals surface area contributed by atoms with Gasteiger partial charge in [0.1, 0.15) is 0 Å². The Bertz CT molecular complexity index is 232. The van der Waals surface area contributed by atoms with Gasteiger partial charge in [-0.3, -0.25) is 4.79 Å². The van der Waals surface area contributed by atoms with Crippen LogP contribution in [-0.4, -0.2) is 49.7 Å². The fraction of sp³-hybridized carbons (Fsp3) is 0.929. The fourth-order valence-corrected chi connectivity index (χ4v) is 2.84. The number of piperidine rings is 1. The second-order valence-electron chi connectivity index (χ2n) is 5.13. The monoisotopic (exact) mass is 256 g/mol.